The van der Waals surface area contributed by atoms with E-state index in [1.807, 2.05) is 18.2 Å². The topological polar surface area (TPSA) is 29.3 Å². The van der Waals surface area contributed by atoms with Gasteiger partial charge in [-0.05, 0) is 25.5 Å². The molecule has 0 aromatic heterocycles. The van der Waals surface area contributed by atoms with Crippen LogP contribution in [0.1, 0.15) is 18.9 Å². The lowest BCUT2D eigenvalue weighted by atomic mass is 10.1. The lowest BCUT2D eigenvalue weighted by molar-refractivity contribution is 0.252. The van der Waals surface area contributed by atoms with Crippen LogP contribution >= 0.6 is 23.2 Å². The van der Waals surface area contributed by atoms with E-state index in [1.165, 1.54) is 0 Å². The van der Waals surface area contributed by atoms with Crippen LogP contribution in [-0.2, 0) is 6.54 Å². The van der Waals surface area contributed by atoms with E-state index in [4.69, 9.17) is 28.9 Å². The molecule has 2 nitrogen and oxygen atoms in total. The molecule has 4 heteroatoms. The maximum Gasteiger partial charge on any atom is 0.0465 e. The van der Waals surface area contributed by atoms with Gasteiger partial charge in [0.05, 0.1) is 0 Å². The van der Waals surface area contributed by atoms with Crippen molar-refractivity contribution in [2.24, 2.45) is 5.73 Å². The number of hydrogen-bond acceptors (Lipinski definition) is 2. The second-order valence-corrected chi connectivity index (χ2v) is 5.18. The lowest BCUT2D eigenvalue weighted by Crippen LogP contribution is -2.36. The number of hydrogen-bond donors (Lipinski definition) is 1. The van der Waals surface area contributed by atoms with Crippen LogP contribution in [0.5, 0.6) is 0 Å². The van der Waals surface area contributed by atoms with Crippen LogP contribution in [-0.4, -0.2) is 23.5 Å². The molecule has 88 valence electrons. The Morgan fingerprint density at radius 3 is 2.50 bits per heavy atom. The van der Waals surface area contributed by atoms with Crippen molar-refractivity contribution < 1.29 is 0 Å². The first-order valence-corrected chi connectivity index (χ1v) is 6.27. The summed E-state index contributed by atoms with van der Waals surface area (Å²) >= 11 is 12.3. The number of likely N-dealkylation sites (tertiary alicyclic amines) is 1. The average Bonchev–Trinajstić information content (AvgIpc) is 2.55. The summed E-state index contributed by atoms with van der Waals surface area (Å²) in [5.74, 6) is 0. The molecule has 1 saturated heterocycles. The van der Waals surface area contributed by atoms with Gasteiger partial charge in [-0.15, -0.1) is 0 Å². The molecular formula is C12H16Cl2N2. The molecule has 0 bridgehead atoms. The first kappa shape index (κ1) is 12.2. The van der Waals surface area contributed by atoms with Crippen molar-refractivity contribution in [1.82, 2.24) is 4.90 Å². The molecule has 2 rings (SSSR count). The van der Waals surface area contributed by atoms with Gasteiger partial charge in [-0.3, -0.25) is 4.90 Å². The largest absolute Gasteiger partial charge is 0.326 e. The molecule has 2 unspecified atom stereocenters. The molecule has 1 aromatic rings. The zero-order chi connectivity index (χ0) is 11.7. The fraction of sp³-hybridized carbons (Fsp3) is 0.500. The van der Waals surface area contributed by atoms with E-state index in [-0.39, 0.29) is 6.04 Å². The molecule has 16 heavy (non-hydrogen) atoms. The summed E-state index contributed by atoms with van der Waals surface area (Å²) in [5.41, 5.74) is 7.00. The summed E-state index contributed by atoms with van der Waals surface area (Å²) < 4.78 is 0. The minimum absolute atomic E-state index is 0.265. The first-order chi connectivity index (χ1) is 7.59. The van der Waals surface area contributed by atoms with E-state index in [2.05, 4.69) is 11.8 Å². The Balaban J connectivity index is 2.15. The van der Waals surface area contributed by atoms with Gasteiger partial charge in [-0.2, -0.15) is 0 Å². The van der Waals surface area contributed by atoms with Gasteiger partial charge in [0.2, 0.25) is 0 Å². The summed E-state index contributed by atoms with van der Waals surface area (Å²) in [6.07, 6.45) is 1.04. The minimum Gasteiger partial charge on any atom is -0.326 e. The molecule has 0 aliphatic carbocycles. The molecule has 2 N–H and O–H groups in total. The molecule has 2 atom stereocenters. The van der Waals surface area contributed by atoms with Gasteiger partial charge in [0.25, 0.3) is 0 Å². The normalized spacial score (nSPS) is 26.2. The van der Waals surface area contributed by atoms with E-state index in [1.54, 1.807) is 0 Å². The van der Waals surface area contributed by atoms with Crippen molar-refractivity contribution in [3.8, 4) is 0 Å². The third-order valence-electron chi connectivity index (χ3n) is 3.37. The second kappa shape index (κ2) is 4.92. The van der Waals surface area contributed by atoms with Gasteiger partial charge >= 0.3 is 0 Å². The molecule has 1 aliphatic rings. The van der Waals surface area contributed by atoms with Crippen LogP contribution in [0.4, 0.5) is 0 Å². The molecule has 0 amide bonds. The highest BCUT2D eigenvalue weighted by molar-refractivity contribution is 6.35. The highest BCUT2D eigenvalue weighted by atomic mass is 35.5. The Bertz CT molecular complexity index is 361. The van der Waals surface area contributed by atoms with E-state index in [9.17, 15) is 0 Å². The zero-order valence-corrected chi connectivity index (χ0v) is 10.8. The first-order valence-electron chi connectivity index (χ1n) is 5.52. The molecular weight excluding hydrogens is 243 g/mol. The van der Waals surface area contributed by atoms with Crippen molar-refractivity contribution in [3.63, 3.8) is 0 Å². The van der Waals surface area contributed by atoms with Crippen LogP contribution in [0.25, 0.3) is 0 Å². The van der Waals surface area contributed by atoms with Gasteiger partial charge < -0.3 is 5.73 Å². The Morgan fingerprint density at radius 2 is 2.00 bits per heavy atom. The average molecular weight is 259 g/mol. The Kier molecular flexibility index (Phi) is 3.75. The number of halogens is 2. The molecule has 1 heterocycles. The molecule has 1 aliphatic heterocycles. The van der Waals surface area contributed by atoms with E-state index >= 15 is 0 Å². The summed E-state index contributed by atoms with van der Waals surface area (Å²) in [7, 11) is 0. The summed E-state index contributed by atoms with van der Waals surface area (Å²) in [6.45, 7) is 3.96. The maximum absolute atomic E-state index is 6.15. The van der Waals surface area contributed by atoms with Crippen molar-refractivity contribution in [2.45, 2.75) is 32.0 Å². The van der Waals surface area contributed by atoms with E-state index in [0.29, 0.717) is 6.04 Å². The molecule has 0 spiro atoms. The number of nitrogens with two attached hydrogens (primary N) is 1. The van der Waals surface area contributed by atoms with Gasteiger partial charge in [0, 0.05) is 40.8 Å². The lowest BCUT2D eigenvalue weighted by Gasteiger charge is -2.23. The van der Waals surface area contributed by atoms with E-state index < -0.39 is 0 Å². The van der Waals surface area contributed by atoms with Gasteiger partial charge in [-0.25, -0.2) is 0 Å². The Morgan fingerprint density at radius 1 is 1.38 bits per heavy atom. The summed E-state index contributed by atoms with van der Waals surface area (Å²) in [6, 6.07) is 6.29. The van der Waals surface area contributed by atoms with Crippen molar-refractivity contribution in [3.05, 3.63) is 33.8 Å². The molecule has 0 radical (unpaired) electrons. The van der Waals surface area contributed by atoms with Crippen LogP contribution in [0.15, 0.2) is 18.2 Å². The monoisotopic (exact) mass is 258 g/mol. The zero-order valence-electron chi connectivity index (χ0n) is 9.29. The molecule has 1 fully saturated rings. The smallest absolute Gasteiger partial charge is 0.0465 e. The third kappa shape index (κ3) is 2.35. The predicted molar refractivity (Wildman–Crippen MR) is 68.9 cm³/mol. The van der Waals surface area contributed by atoms with Crippen molar-refractivity contribution in [1.29, 1.82) is 0 Å². The van der Waals surface area contributed by atoms with Crippen LogP contribution < -0.4 is 5.73 Å². The van der Waals surface area contributed by atoms with Gasteiger partial charge in [0.15, 0.2) is 0 Å². The third-order valence-corrected chi connectivity index (χ3v) is 4.08. The number of nitrogens with zero attached hydrogens (tertiary/aromatic N) is 1. The standard InChI is InChI=1S/C12H16Cl2N2/c1-8-12(15)5-6-16(8)7-9-10(13)3-2-4-11(9)14/h2-4,8,12H,5-7,15H2,1H3. The SMILES string of the molecule is CC1C(N)CCN1Cc1c(Cl)cccc1Cl. The molecule has 1 aromatic carbocycles. The fourth-order valence-corrected chi connectivity index (χ4v) is 2.66. The molecule has 0 saturated carbocycles. The fourth-order valence-electron chi connectivity index (χ4n) is 2.14. The Hall–Kier alpha value is -0.280. The van der Waals surface area contributed by atoms with Crippen LogP contribution in [0.3, 0.4) is 0 Å². The van der Waals surface area contributed by atoms with Crippen LogP contribution in [0, 0.1) is 0 Å². The maximum atomic E-state index is 6.15. The quantitative estimate of drug-likeness (QED) is 0.884. The van der Waals surface area contributed by atoms with Crippen LogP contribution in [0.2, 0.25) is 10.0 Å². The predicted octanol–water partition coefficient (Wildman–Crippen LogP) is 2.91. The highest BCUT2D eigenvalue weighted by Crippen LogP contribution is 2.28. The highest BCUT2D eigenvalue weighted by Gasteiger charge is 2.28. The Labute approximate surface area is 106 Å². The van der Waals surface area contributed by atoms with Gasteiger partial charge in [0.1, 0.15) is 0 Å². The van der Waals surface area contributed by atoms with Crippen molar-refractivity contribution in [2.75, 3.05) is 6.54 Å². The number of benzene rings is 1. The summed E-state index contributed by atoms with van der Waals surface area (Å²) in [5, 5.41) is 1.47. The summed E-state index contributed by atoms with van der Waals surface area (Å²) in [4.78, 5) is 2.33. The second-order valence-electron chi connectivity index (χ2n) is 4.36. The number of rotatable bonds is 2. The van der Waals surface area contributed by atoms with Crippen molar-refractivity contribution >= 4 is 23.2 Å². The van der Waals surface area contributed by atoms with Gasteiger partial charge in [-0.1, -0.05) is 29.3 Å². The minimum atomic E-state index is 0.265. The van der Waals surface area contributed by atoms with E-state index in [0.717, 1.165) is 35.1 Å².